The molecule has 4 rings (SSSR count). The van der Waals surface area contributed by atoms with Crippen LogP contribution in [0.1, 0.15) is 23.7 Å². The van der Waals surface area contributed by atoms with E-state index in [1.807, 2.05) is 34.1 Å². The van der Waals surface area contributed by atoms with Gasteiger partial charge in [-0.3, -0.25) is 9.78 Å². The number of halogens is 1. The van der Waals surface area contributed by atoms with E-state index < -0.39 is 0 Å². The SMILES string of the molecule is CN(C)C(=O)N1C[C@H]2CN(C(=O)CCc3ccccn3)C[C@H]2[C@@H]1c1cccc(F)c1. The molecule has 158 valence electrons. The lowest BCUT2D eigenvalue weighted by Crippen LogP contribution is -2.42. The van der Waals surface area contributed by atoms with E-state index in [-0.39, 0.29) is 35.6 Å². The van der Waals surface area contributed by atoms with E-state index in [0.717, 1.165) is 11.3 Å². The molecule has 7 heteroatoms. The molecule has 0 N–H and O–H groups in total. The summed E-state index contributed by atoms with van der Waals surface area (Å²) in [4.78, 5) is 35.2. The van der Waals surface area contributed by atoms with Gasteiger partial charge in [-0.15, -0.1) is 0 Å². The highest BCUT2D eigenvalue weighted by Gasteiger charge is 2.50. The van der Waals surface area contributed by atoms with Gasteiger partial charge in [0.1, 0.15) is 5.82 Å². The Morgan fingerprint density at radius 3 is 2.67 bits per heavy atom. The number of pyridine rings is 1. The first-order valence-corrected chi connectivity index (χ1v) is 10.3. The van der Waals surface area contributed by atoms with Crippen molar-refractivity contribution in [2.75, 3.05) is 33.7 Å². The van der Waals surface area contributed by atoms with E-state index in [9.17, 15) is 14.0 Å². The van der Waals surface area contributed by atoms with Gasteiger partial charge >= 0.3 is 6.03 Å². The average Bonchev–Trinajstić information content (AvgIpc) is 3.30. The van der Waals surface area contributed by atoms with Crippen LogP contribution in [0.5, 0.6) is 0 Å². The predicted molar refractivity (Wildman–Crippen MR) is 111 cm³/mol. The molecule has 30 heavy (non-hydrogen) atoms. The van der Waals surface area contributed by atoms with E-state index >= 15 is 0 Å². The number of rotatable bonds is 4. The second-order valence-electron chi connectivity index (χ2n) is 8.37. The number of hydrogen-bond acceptors (Lipinski definition) is 3. The molecule has 0 aliphatic carbocycles. The number of carbonyl (C=O) groups excluding carboxylic acids is 2. The molecule has 1 aromatic carbocycles. The summed E-state index contributed by atoms with van der Waals surface area (Å²) in [6.45, 7) is 1.80. The highest BCUT2D eigenvalue weighted by molar-refractivity contribution is 5.77. The zero-order chi connectivity index (χ0) is 21.3. The van der Waals surface area contributed by atoms with Crippen LogP contribution in [0.3, 0.4) is 0 Å². The number of aryl methyl sites for hydroxylation is 1. The maximum Gasteiger partial charge on any atom is 0.320 e. The summed E-state index contributed by atoms with van der Waals surface area (Å²) in [6.07, 6.45) is 2.77. The van der Waals surface area contributed by atoms with Crippen LogP contribution in [0.4, 0.5) is 9.18 Å². The number of aromatic nitrogens is 1. The minimum atomic E-state index is -0.311. The standard InChI is InChI=1S/C23H27FN4O2/c1-26(2)23(30)28-14-17-13-27(21(29)10-9-19-8-3-4-11-25-19)15-20(17)22(28)16-6-5-7-18(24)12-16/h3-8,11-12,17,20,22H,9-10,13-15H2,1-2H3/t17-,20-,22+/m1/s1. The van der Waals surface area contributed by atoms with Crippen molar-refractivity contribution in [3.05, 3.63) is 65.7 Å². The van der Waals surface area contributed by atoms with E-state index in [1.165, 1.54) is 12.1 Å². The summed E-state index contributed by atoms with van der Waals surface area (Å²) >= 11 is 0. The van der Waals surface area contributed by atoms with Gasteiger partial charge in [0, 0.05) is 63.9 Å². The van der Waals surface area contributed by atoms with Crippen LogP contribution in [0.2, 0.25) is 0 Å². The maximum atomic E-state index is 13.9. The van der Waals surface area contributed by atoms with Crippen molar-refractivity contribution in [3.8, 4) is 0 Å². The molecule has 2 aliphatic rings. The first-order valence-electron chi connectivity index (χ1n) is 10.3. The van der Waals surface area contributed by atoms with Crippen molar-refractivity contribution < 1.29 is 14.0 Å². The fraction of sp³-hybridized carbons (Fsp3) is 0.435. The van der Waals surface area contributed by atoms with E-state index in [0.29, 0.717) is 32.5 Å². The molecule has 0 radical (unpaired) electrons. The zero-order valence-electron chi connectivity index (χ0n) is 17.4. The summed E-state index contributed by atoms with van der Waals surface area (Å²) in [5.74, 6) is 0.100. The number of fused-ring (bicyclic) bond motifs is 1. The summed E-state index contributed by atoms with van der Waals surface area (Å²) in [7, 11) is 3.46. The number of benzene rings is 1. The fourth-order valence-electron chi connectivity index (χ4n) is 4.76. The Bertz CT molecular complexity index is 920. The summed E-state index contributed by atoms with van der Waals surface area (Å²) in [6, 6.07) is 11.9. The third-order valence-electron chi connectivity index (χ3n) is 6.16. The first kappa shape index (κ1) is 20.3. The summed E-state index contributed by atoms with van der Waals surface area (Å²) in [5, 5.41) is 0. The molecule has 2 aliphatic heterocycles. The van der Waals surface area contributed by atoms with Gasteiger partial charge in [-0.1, -0.05) is 18.2 Å². The Balaban J connectivity index is 1.49. The highest BCUT2D eigenvalue weighted by atomic mass is 19.1. The number of urea groups is 1. The van der Waals surface area contributed by atoms with Crippen molar-refractivity contribution in [3.63, 3.8) is 0 Å². The number of amides is 3. The lowest BCUT2D eigenvalue weighted by atomic mass is 9.89. The minimum Gasteiger partial charge on any atom is -0.342 e. The predicted octanol–water partition coefficient (Wildman–Crippen LogP) is 2.97. The molecule has 3 atom stereocenters. The second kappa shape index (κ2) is 8.42. The van der Waals surface area contributed by atoms with Gasteiger partial charge in [-0.2, -0.15) is 0 Å². The van der Waals surface area contributed by atoms with Gasteiger partial charge in [0.05, 0.1) is 6.04 Å². The third-order valence-corrected chi connectivity index (χ3v) is 6.16. The molecule has 0 bridgehead atoms. The van der Waals surface area contributed by atoms with Crippen LogP contribution in [-0.4, -0.2) is 65.4 Å². The van der Waals surface area contributed by atoms with Crippen LogP contribution in [-0.2, 0) is 11.2 Å². The molecule has 0 saturated carbocycles. The Hall–Kier alpha value is -2.96. The van der Waals surface area contributed by atoms with Crippen LogP contribution in [0, 0.1) is 17.7 Å². The van der Waals surface area contributed by atoms with Gasteiger partial charge in [0.2, 0.25) is 5.91 Å². The van der Waals surface area contributed by atoms with Gasteiger partial charge < -0.3 is 14.7 Å². The monoisotopic (exact) mass is 410 g/mol. The van der Waals surface area contributed by atoms with Gasteiger partial charge in [-0.25, -0.2) is 9.18 Å². The van der Waals surface area contributed by atoms with Crippen LogP contribution < -0.4 is 0 Å². The van der Waals surface area contributed by atoms with Crippen LogP contribution in [0.15, 0.2) is 48.7 Å². The summed E-state index contributed by atoms with van der Waals surface area (Å²) in [5.41, 5.74) is 1.70. The molecular formula is C23H27FN4O2. The smallest absolute Gasteiger partial charge is 0.320 e. The summed E-state index contributed by atoms with van der Waals surface area (Å²) < 4.78 is 13.9. The van der Waals surface area contributed by atoms with E-state index in [4.69, 9.17) is 0 Å². The molecular weight excluding hydrogens is 383 g/mol. The van der Waals surface area contributed by atoms with Crippen molar-refractivity contribution in [1.29, 1.82) is 0 Å². The quantitative estimate of drug-likeness (QED) is 0.779. The normalized spacial score (nSPS) is 22.8. The van der Waals surface area contributed by atoms with Gasteiger partial charge in [-0.05, 0) is 36.2 Å². The lowest BCUT2D eigenvalue weighted by molar-refractivity contribution is -0.130. The van der Waals surface area contributed by atoms with E-state index in [2.05, 4.69) is 4.98 Å². The topological polar surface area (TPSA) is 56.8 Å². The first-order chi connectivity index (χ1) is 14.4. The van der Waals surface area contributed by atoms with Crippen molar-refractivity contribution in [2.24, 2.45) is 11.8 Å². The molecule has 2 fully saturated rings. The largest absolute Gasteiger partial charge is 0.342 e. The molecule has 3 amide bonds. The van der Waals surface area contributed by atoms with Crippen molar-refractivity contribution in [1.82, 2.24) is 19.7 Å². The molecule has 6 nitrogen and oxygen atoms in total. The second-order valence-corrected chi connectivity index (χ2v) is 8.37. The molecule has 2 saturated heterocycles. The fourth-order valence-corrected chi connectivity index (χ4v) is 4.76. The average molecular weight is 410 g/mol. The third kappa shape index (κ3) is 4.01. The molecule has 0 spiro atoms. The van der Waals surface area contributed by atoms with Crippen LogP contribution >= 0.6 is 0 Å². The molecule has 3 heterocycles. The van der Waals surface area contributed by atoms with Crippen molar-refractivity contribution >= 4 is 11.9 Å². The number of likely N-dealkylation sites (tertiary alicyclic amines) is 2. The number of hydrogen-bond donors (Lipinski definition) is 0. The Morgan fingerprint density at radius 2 is 1.97 bits per heavy atom. The Kier molecular flexibility index (Phi) is 5.70. The molecule has 0 unspecified atom stereocenters. The van der Waals surface area contributed by atoms with Crippen LogP contribution in [0.25, 0.3) is 0 Å². The maximum absolute atomic E-state index is 13.9. The van der Waals surface area contributed by atoms with Gasteiger partial charge in [0.25, 0.3) is 0 Å². The molecule has 1 aromatic heterocycles. The lowest BCUT2D eigenvalue weighted by Gasteiger charge is -2.32. The zero-order valence-corrected chi connectivity index (χ0v) is 17.4. The highest BCUT2D eigenvalue weighted by Crippen LogP contribution is 2.45. The van der Waals surface area contributed by atoms with E-state index in [1.54, 1.807) is 31.3 Å². The molecule has 2 aromatic rings. The minimum absolute atomic E-state index is 0.0771. The van der Waals surface area contributed by atoms with Gasteiger partial charge in [0.15, 0.2) is 0 Å². The number of carbonyl (C=O) groups is 2. The Morgan fingerprint density at radius 1 is 1.13 bits per heavy atom. The number of nitrogens with zero attached hydrogens (tertiary/aromatic N) is 4. The van der Waals surface area contributed by atoms with Crippen molar-refractivity contribution in [2.45, 2.75) is 18.9 Å². The Labute approximate surface area is 176 Å².